The van der Waals surface area contributed by atoms with Crippen LogP contribution in [-0.2, 0) is 6.61 Å². The molecule has 5 heteroatoms. The molecule has 1 atom stereocenters. The summed E-state index contributed by atoms with van der Waals surface area (Å²) in [6.45, 7) is 1.62. The smallest absolute Gasteiger partial charge is 0.141 e. The van der Waals surface area contributed by atoms with Crippen molar-refractivity contribution in [3.63, 3.8) is 0 Å². The molecule has 1 aliphatic rings. The molecule has 1 aromatic rings. The predicted octanol–water partition coefficient (Wildman–Crippen LogP) is 2.20. The fourth-order valence-electron chi connectivity index (χ4n) is 2.70. The number of aromatic hydroxyl groups is 1. The van der Waals surface area contributed by atoms with Crippen molar-refractivity contribution in [2.45, 2.75) is 45.3 Å². The van der Waals surface area contributed by atoms with Gasteiger partial charge in [0.1, 0.15) is 5.75 Å². The monoisotopic (exact) mass is 272 g/mol. The molecule has 2 rings (SSSR count). The average Bonchev–Trinajstić information content (AvgIpc) is 2.85. The zero-order valence-corrected chi connectivity index (χ0v) is 11.4. The van der Waals surface area contributed by atoms with Crippen molar-refractivity contribution in [1.82, 2.24) is 4.98 Å². The van der Waals surface area contributed by atoms with Gasteiger partial charge in [0.15, 0.2) is 0 Å². The second kappa shape index (κ2) is 6.36. The lowest BCUT2D eigenvalue weighted by molar-refractivity contribution is 0.276. The number of pyridine rings is 1. The van der Waals surface area contributed by atoms with E-state index in [1.807, 2.05) is 0 Å². The molecule has 0 saturated heterocycles. The molecule has 0 aliphatic heterocycles. The minimum atomic E-state index is -0.193. The summed E-state index contributed by atoms with van der Waals surface area (Å²) in [5.41, 5.74) is 8.15. The normalized spacial score (nSPS) is 17.5. The first-order chi connectivity index (χ1) is 8.15. The van der Waals surface area contributed by atoms with Crippen molar-refractivity contribution in [2.75, 3.05) is 0 Å². The zero-order valence-electron chi connectivity index (χ0n) is 10.6. The number of aryl methyl sites for hydroxylation is 1. The molecule has 0 bridgehead atoms. The summed E-state index contributed by atoms with van der Waals surface area (Å²) in [7, 11) is 0. The lowest BCUT2D eigenvalue weighted by Crippen LogP contribution is -2.21. The first-order valence-electron chi connectivity index (χ1n) is 6.19. The number of aliphatic hydroxyl groups is 1. The SMILES string of the molecule is Cc1ncc(CO)c([C@H](N)C2CCCC2)c1O.Cl. The number of rotatable bonds is 3. The van der Waals surface area contributed by atoms with Crippen molar-refractivity contribution >= 4 is 12.4 Å². The van der Waals surface area contributed by atoms with E-state index in [1.165, 1.54) is 12.8 Å². The highest BCUT2D eigenvalue weighted by Gasteiger charge is 2.27. The van der Waals surface area contributed by atoms with Crippen LogP contribution in [0.25, 0.3) is 0 Å². The highest BCUT2D eigenvalue weighted by Crippen LogP contribution is 2.39. The number of nitrogens with zero attached hydrogens (tertiary/aromatic N) is 1. The fraction of sp³-hybridized carbons (Fsp3) is 0.615. The maximum Gasteiger partial charge on any atom is 0.141 e. The molecule has 1 aliphatic carbocycles. The number of hydrogen-bond donors (Lipinski definition) is 3. The minimum absolute atomic E-state index is 0. The summed E-state index contributed by atoms with van der Waals surface area (Å²) in [5, 5.41) is 19.4. The topological polar surface area (TPSA) is 79.4 Å². The molecule has 102 valence electrons. The van der Waals surface area contributed by atoms with E-state index >= 15 is 0 Å². The van der Waals surface area contributed by atoms with Gasteiger partial charge in [-0.25, -0.2) is 0 Å². The molecular weight excluding hydrogens is 252 g/mol. The lowest BCUT2D eigenvalue weighted by Gasteiger charge is -2.23. The molecule has 0 aromatic carbocycles. The second-order valence-electron chi connectivity index (χ2n) is 4.86. The van der Waals surface area contributed by atoms with Crippen LogP contribution in [0.4, 0.5) is 0 Å². The van der Waals surface area contributed by atoms with Gasteiger partial charge in [0.2, 0.25) is 0 Å². The Morgan fingerprint density at radius 2 is 2.06 bits per heavy atom. The Balaban J connectivity index is 0.00000162. The number of aliphatic hydroxyl groups excluding tert-OH is 1. The number of nitrogens with two attached hydrogens (primary N) is 1. The van der Waals surface area contributed by atoms with Gasteiger partial charge in [-0.3, -0.25) is 4.98 Å². The van der Waals surface area contributed by atoms with E-state index < -0.39 is 0 Å². The van der Waals surface area contributed by atoms with Crippen LogP contribution in [0.15, 0.2) is 6.20 Å². The first kappa shape index (κ1) is 15.2. The molecular formula is C13H21ClN2O2. The molecule has 0 unspecified atom stereocenters. The Morgan fingerprint density at radius 3 is 2.61 bits per heavy atom. The van der Waals surface area contributed by atoms with Crippen LogP contribution in [-0.4, -0.2) is 15.2 Å². The molecule has 1 aromatic heterocycles. The standard InChI is InChI=1S/C13H20N2O2.ClH/c1-8-13(17)11(10(7-16)6-15-8)12(14)9-4-2-3-5-9;/h6,9,12,16-17H,2-5,7,14H2,1H3;1H/t12-;/m1./s1. The van der Waals surface area contributed by atoms with Crippen LogP contribution >= 0.6 is 12.4 Å². The van der Waals surface area contributed by atoms with Crippen LogP contribution in [0.2, 0.25) is 0 Å². The van der Waals surface area contributed by atoms with Crippen molar-refractivity contribution in [3.8, 4) is 5.75 Å². The predicted molar refractivity (Wildman–Crippen MR) is 72.7 cm³/mol. The molecule has 0 amide bonds. The Kier molecular flexibility index (Phi) is 5.38. The van der Waals surface area contributed by atoms with Gasteiger partial charge in [-0.05, 0) is 25.7 Å². The molecule has 4 nitrogen and oxygen atoms in total. The van der Waals surface area contributed by atoms with E-state index in [0.29, 0.717) is 22.7 Å². The Hall–Kier alpha value is -0.840. The second-order valence-corrected chi connectivity index (χ2v) is 4.86. The van der Waals surface area contributed by atoms with E-state index in [4.69, 9.17) is 5.73 Å². The third-order valence-corrected chi connectivity index (χ3v) is 3.77. The molecule has 4 N–H and O–H groups in total. The number of halogens is 1. The highest BCUT2D eigenvalue weighted by atomic mass is 35.5. The molecule has 1 fully saturated rings. The third-order valence-electron chi connectivity index (χ3n) is 3.77. The Morgan fingerprint density at radius 1 is 1.44 bits per heavy atom. The van der Waals surface area contributed by atoms with Gasteiger partial charge in [0.05, 0.1) is 12.3 Å². The maximum absolute atomic E-state index is 10.1. The Bertz CT molecular complexity index is 406. The summed E-state index contributed by atoms with van der Waals surface area (Å²) in [4.78, 5) is 4.05. The van der Waals surface area contributed by atoms with E-state index in [9.17, 15) is 10.2 Å². The van der Waals surface area contributed by atoms with E-state index in [1.54, 1.807) is 13.1 Å². The van der Waals surface area contributed by atoms with Crippen molar-refractivity contribution < 1.29 is 10.2 Å². The molecule has 0 spiro atoms. The summed E-state index contributed by atoms with van der Waals surface area (Å²) in [6.07, 6.45) is 6.23. The van der Waals surface area contributed by atoms with Gasteiger partial charge < -0.3 is 15.9 Å². The van der Waals surface area contributed by atoms with Gasteiger partial charge >= 0.3 is 0 Å². The number of hydrogen-bond acceptors (Lipinski definition) is 4. The largest absolute Gasteiger partial charge is 0.506 e. The van der Waals surface area contributed by atoms with Gasteiger partial charge in [-0.2, -0.15) is 0 Å². The van der Waals surface area contributed by atoms with Crippen LogP contribution in [0.3, 0.4) is 0 Å². The van der Waals surface area contributed by atoms with Gasteiger partial charge in [-0.1, -0.05) is 12.8 Å². The zero-order chi connectivity index (χ0) is 12.4. The lowest BCUT2D eigenvalue weighted by atomic mass is 9.89. The minimum Gasteiger partial charge on any atom is -0.506 e. The van der Waals surface area contributed by atoms with Crippen molar-refractivity contribution in [1.29, 1.82) is 0 Å². The van der Waals surface area contributed by atoms with Gasteiger partial charge in [0.25, 0.3) is 0 Å². The van der Waals surface area contributed by atoms with Crippen LogP contribution in [0.1, 0.15) is 48.5 Å². The maximum atomic E-state index is 10.1. The van der Waals surface area contributed by atoms with Crippen molar-refractivity contribution in [3.05, 3.63) is 23.0 Å². The van der Waals surface area contributed by atoms with Crippen molar-refractivity contribution in [2.24, 2.45) is 11.7 Å². The molecule has 18 heavy (non-hydrogen) atoms. The molecule has 1 heterocycles. The quantitative estimate of drug-likeness (QED) is 0.788. The highest BCUT2D eigenvalue weighted by molar-refractivity contribution is 5.85. The van der Waals surface area contributed by atoms with E-state index in [2.05, 4.69) is 4.98 Å². The fourth-order valence-corrected chi connectivity index (χ4v) is 2.70. The Labute approximate surface area is 114 Å². The van der Waals surface area contributed by atoms with Crippen LogP contribution in [0, 0.1) is 12.8 Å². The molecule has 0 radical (unpaired) electrons. The first-order valence-corrected chi connectivity index (χ1v) is 6.19. The number of aromatic nitrogens is 1. The summed E-state index contributed by atoms with van der Waals surface area (Å²) < 4.78 is 0. The third kappa shape index (κ3) is 2.76. The van der Waals surface area contributed by atoms with Gasteiger partial charge in [0, 0.05) is 23.4 Å². The van der Waals surface area contributed by atoms with E-state index in [-0.39, 0.29) is 30.8 Å². The van der Waals surface area contributed by atoms with E-state index in [0.717, 1.165) is 12.8 Å². The van der Waals surface area contributed by atoms with Gasteiger partial charge in [-0.15, -0.1) is 12.4 Å². The summed E-state index contributed by atoms with van der Waals surface area (Å²) in [6, 6.07) is -0.193. The van der Waals surface area contributed by atoms with Crippen LogP contribution < -0.4 is 5.73 Å². The summed E-state index contributed by atoms with van der Waals surface area (Å²) in [5.74, 6) is 0.559. The molecule has 1 saturated carbocycles. The average molecular weight is 273 g/mol. The summed E-state index contributed by atoms with van der Waals surface area (Å²) >= 11 is 0. The van der Waals surface area contributed by atoms with Crippen LogP contribution in [0.5, 0.6) is 5.75 Å².